The van der Waals surface area contributed by atoms with Gasteiger partial charge >= 0.3 is 5.69 Å². The van der Waals surface area contributed by atoms with Gasteiger partial charge in [-0.05, 0) is 62.1 Å². The maximum atomic E-state index is 14.5. The van der Waals surface area contributed by atoms with Crippen LogP contribution in [0.2, 0.25) is 5.02 Å². The molecular formula is C29H33ClFN5O2. The number of amides is 1. The lowest BCUT2D eigenvalue weighted by Gasteiger charge is -2.36. The number of carbonyl (C=O) groups is 1. The van der Waals surface area contributed by atoms with Crippen molar-refractivity contribution in [3.05, 3.63) is 104 Å². The Morgan fingerprint density at radius 3 is 2.47 bits per heavy atom. The monoisotopic (exact) mass is 537 g/mol. The lowest BCUT2D eigenvalue weighted by molar-refractivity contribution is 0.0608. The van der Waals surface area contributed by atoms with Gasteiger partial charge in [-0.15, -0.1) is 0 Å². The molecule has 1 unspecified atom stereocenters. The standard InChI is InChI=1S/C29H33ClFN5O2/c1-18(2)27(34(14-8-13-32)28(37)22-12-11-19(3)23(31)15-22)25-16-24-26(30)20(4)33-36(24)29(38)35(25)17-21-9-6-5-7-10-21/h5-7,9-12,15-16,18,27H,8,13-14,17,32H2,1-4H3. The summed E-state index contributed by atoms with van der Waals surface area (Å²) >= 11 is 6.57. The highest BCUT2D eigenvalue weighted by Crippen LogP contribution is 2.33. The van der Waals surface area contributed by atoms with Crippen molar-refractivity contribution < 1.29 is 9.18 Å². The van der Waals surface area contributed by atoms with E-state index >= 15 is 0 Å². The first-order valence-corrected chi connectivity index (χ1v) is 13.1. The Balaban J connectivity index is 1.95. The van der Waals surface area contributed by atoms with Crippen molar-refractivity contribution in [3.8, 4) is 0 Å². The highest BCUT2D eigenvalue weighted by molar-refractivity contribution is 6.34. The molecule has 200 valence electrons. The molecule has 38 heavy (non-hydrogen) atoms. The topological polar surface area (TPSA) is 85.6 Å². The molecule has 0 aliphatic heterocycles. The third kappa shape index (κ3) is 5.37. The highest BCUT2D eigenvalue weighted by Gasteiger charge is 2.32. The van der Waals surface area contributed by atoms with E-state index in [1.807, 2.05) is 50.2 Å². The number of benzene rings is 2. The van der Waals surface area contributed by atoms with Crippen LogP contribution in [0, 0.1) is 25.6 Å². The van der Waals surface area contributed by atoms with Crippen LogP contribution in [0.3, 0.4) is 0 Å². The van der Waals surface area contributed by atoms with E-state index in [9.17, 15) is 14.0 Å². The molecule has 2 aromatic carbocycles. The van der Waals surface area contributed by atoms with Crippen LogP contribution in [0.4, 0.5) is 4.39 Å². The maximum absolute atomic E-state index is 14.5. The highest BCUT2D eigenvalue weighted by atomic mass is 35.5. The zero-order chi connectivity index (χ0) is 27.6. The number of carbonyl (C=O) groups excluding carboxylic acids is 1. The minimum Gasteiger partial charge on any atom is -0.330 e. The number of nitrogens with zero attached hydrogens (tertiary/aromatic N) is 4. The maximum Gasteiger partial charge on any atom is 0.349 e. The van der Waals surface area contributed by atoms with Crippen LogP contribution >= 0.6 is 11.6 Å². The van der Waals surface area contributed by atoms with Crippen molar-refractivity contribution >= 4 is 23.0 Å². The van der Waals surface area contributed by atoms with Gasteiger partial charge in [-0.1, -0.05) is 61.8 Å². The van der Waals surface area contributed by atoms with Gasteiger partial charge in [-0.2, -0.15) is 9.61 Å². The number of fused-ring (bicyclic) bond motifs is 1. The molecule has 4 rings (SSSR count). The zero-order valence-corrected chi connectivity index (χ0v) is 22.9. The Morgan fingerprint density at radius 1 is 1.13 bits per heavy atom. The van der Waals surface area contributed by atoms with Gasteiger partial charge in [0.25, 0.3) is 5.91 Å². The Hall–Kier alpha value is -3.49. The molecule has 2 heterocycles. The molecular weight excluding hydrogens is 505 g/mol. The summed E-state index contributed by atoms with van der Waals surface area (Å²) in [7, 11) is 0. The summed E-state index contributed by atoms with van der Waals surface area (Å²) in [6.45, 7) is 8.38. The van der Waals surface area contributed by atoms with Crippen molar-refractivity contribution in [2.45, 2.75) is 46.7 Å². The predicted molar refractivity (Wildman–Crippen MR) is 148 cm³/mol. The largest absolute Gasteiger partial charge is 0.349 e. The molecule has 1 atom stereocenters. The normalized spacial score (nSPS) is 12.3. The predicted octanol–water partition coefficient (Wildman–Crippen LogP) is 5.14. The van der Waals surface area contributed by atoms with Crippen LogP contribution in [0.25, 0.3) is 5.52 Å². The molecule has 1 amide bonds. The number of halogens is 2. The molecule has 0 fully saturated rings. The third-order valence-corrected chi connectivity index (χ3v) is 7.23. The molecule has 9 heteroatoms. The average Bonchev–Trinajstić information content (AvgIpc) is 3.18. The lowest BCUT2D eigenvalue weighted by atomic mass is 9.96. The van der Waals surface area contributed by atoms with Crippen LogP contribution < -0.4 is 11.4 Å². The fourth-order valence-electron chi connectivity index (χ4n) is 4.79. The van der Waals surface area contributed by atoms with E-state index in [1.54, 1.807) is 35.4 Å². The molecule has 0 saturated heterocycles. The Kier molecular flexibility index (Phi) is 8.33. The van der Waals surface area contributed by atoms with E-state index in [0.717, 1.165) is 5.56 Å². The molecule has 2 N–H and O–H groups in total. The number of hydrogen-bond acceptors (Lipinski definition) is 4. The van der Waals surface area contributed by atoms with Crippen molar-refractivity contribution in [1.82, 2.24) is 19.1 Å². The van der Waals surface area contributed by atoms with Gasteiger partial charge in [-0.25, -0.2) is 9.18 Å². The minimum atomic E-state index is -0.522. The van der Waals surface area contributed by atoms with E-state index in [1.165, 1.54) is 10.6 Å². The van der Waals surface area contributed by atoms with Crippen molar-refractivity contribution in [1.29, 1.82) is 0 Å². The first kappa shape index (κ1) is 27.5. The van der Waals surface area contributed by atoms with Gasteiger partial charge in [0.2, 0.25) is 0 Å². The van der Waals surface area contributed by atoms with Crippen LogP contribution in [0.5, 0.6) is 0 Å². The molecule has 0 radical (unpaired) electrons. The Bertz CT molecular complexity index is 1510. The fraction of sp³-hybridized carbons (Fsp3) is 0.345. The molecule has 0 aliphatic carbocycles. The van der Waals surface area contributed by atoms with Crippen molar-refractivity contribution in [2.24, 2.45) is 11.7 Å². The van der Waals surface area contributed by atoms with Crippen molar-refractivity contribution in [2.75, 3.05) is 13.1 Å². The number of rotatable bonds is 9. The SMILES string of the molecule is Cc1ccc(C(=O)N(CCCN)C(c2cc3c(Cl)c(C)nn3c(=O)n2Cc2ccccc2)C(C)C)cc1F. The minimum absolute atomic E-state index is 0.0984. The molecule has 2 aromatic heterocycles. The molecule has 0 spiro atoms. The lowest BCUT2D eigenvalue weighted by Crippen LogP contribution is -2.42. The zero-order valence-electron chi connectivity index (χ0n) is 22.1. The van der Waals surface area contributed by atoms with E-state index in [2.05, 4.69) is 5.10 Å². The summed E-state index contributed by atoms with van der Waals surface area (Å²) in [4.78, 5) is 29.4. The molecule has 0 saturated carbocycles. The van der Waals surface area contributed by atoms with Gasteiger partial charge in [-0.3, -0.25) is 9.36 Å². The van der Waals surface area contributed by atoms with E-state index < -0.39 is 11.9 Å². The van der Waals surface area contributed by atoms with Gasteiger partial charge in [0, 0.05) is 17.8 Å². The summed E-state index contributed by atoms with van der Waals surface area (Å²) < 4.78 is 17.4. The summed E-state index contributed by atoms with van der Waals surface area (Å²) in [6, 6.07) is 15.4. The van der Waals surface area contributed by atoms with Crippen LogP contribution in [0.15, 0.2) is 59.4 Å². The van der Waals surface area contributed by atoms with Gasteiger partial charge in [0.1, 0.15) is 5.82 Å². The summed E-state index contributed by atoms with van der Waals surface area (Å²) in [6.07, 6.45) is 0.543. The van der Waals surface area contributed by atoms with Crippen LogP contribution in [-0.4, -0.2) is 38.1 Å². The summed E-state index contributed by atoms with van der Waals surface area (Å²) in [5, 5.41) is 4.75. The second kappa shape index (κ2) is 11.5. The number of hydrogen-bond donors (Lipinski definition) is 1. The quantitative estimate of drug-likeness (QED) is 0.320. The number of nitrogens with two attached hydrogens (primary N) is 1. The fourth-order valence-corrected chi connectivity index (χ4v) is 4.96. The van der Waals surface area contributed by atoms with E-state index in [-0.39, 0.29) is 29.6 Å². The van der Waals surface area contributed by atoms with Gasteiger partial charge < -0.3 is 10.6 Å². The van der Waals surface area contributed by atoms with Crippen LogP contribution in [0.1, 0.15) is 59.2 Å². The summed E-state index contributed by atoms with van der Waals surface area (Å²) in [5.41, 5.74) is 8.77. The average molecular weight is 538 g/mol. The van der Waals surface area contributed by atoms with Crippen molar-refractivity contribution in [3.63, 3.8) is 0 Å². The van der Waals surface area contributed by atoms with E-state index in [4.69, 9.17) is 17.3 Å². The third-order valence-electron chi connectivity index (χ3n) is 6.77. The van der Waals surface area contributed by atoms with Crippen LogP contribution in [-0.2, 0) is 6.54 Å². The molecule has 7 nitrogen and oxygen atoms in total. The van der Waals surface area contributed by atoms with Gasteiger partial charge in [0.15, 0.2) is 0 Å². The Labute approximate surface area is 226 Å². The first-order chi connectivity index (χ1) is 18.1. The number of aryl methyl sites for hydroxylation is 2. The Morgan fingerprint density at radius 2 is 1.84 bits per heavy atom. The second-order valence-corrected chi connectivity index (χ2v) is 10.3. The molecule has 4 aromatic rings. The smallest absolute Gasteiger partial charge is 0.330 e. The first-order valence-electron chi connectivity index (χ1n) is 12.7. The molecule has 0 bridgehead atoms. The second-order valence-electron chi connectivity index (χ2n) is 9.91. The molecule has 0 aliphatic rings. The number of aromatic nitrogens is 3. The summed E-state index contributed by atoms with van der Waals surface area (Å²) in [5.74, 6) is -0.872. The van der Waals surface area contributed by atoms with E-state index in [0.29, 0.717) is 47.0 Å². The van der Waals surface area contributed by atoms with Gasteiger partial charge in [0.05, 0.1) is 28.8 Å².